The standard InChI is InChI=1S/C15H21Cl2NO5/c1-3-22-12(20)10-4-6-18(7-5-10)11(19)8-23-13(21)14(2)9-15(14,16)17/h10H,3-9H2,1-2H3. The first-order chi connectivity index (χ1) is 10.7. The highest BCUT2D eigenvalue weighted by Gasteiger charge is 2.69. The highest BCUT2D eigenvalue weighted by molar-refractivity contribution is 6.53. The molecule has 2 fully saturated rings. The summed E-state index contributed by atoms with van der Waals surface area (Å²) < 4.78 is 8.92. The third-order valence-electron chi connectivity index (χ3n) is 4.50. The number of amides is 1. The molecule has 0 aromatic heterocycles. The summed E-state index contributed by atoms with van der Waals surface area (Å²) in [6.07, 6.45) is 1.44. The minimum absolute atomic E-state index is 0.167. The second kappa shape index (κ2) is 6.85. The van der Waals surface area contributed by atoms with Crippen molar-refractivity contribution in [2.45, 2.75) is 37.4 Å². The van der Waals surface area contributed by atoms with Crippen molar-refractivity contribution < 1.29 is 23.9 Å². The Bertz CT molecular complexity index is 502. The first-order valence-electron chi connectivity index (χ1n) is 7.70. The molecule has 23 heavy (non-hydrogen) atoms. The Morgan fingerprint density at radius 1 is 1.17 bits per heavy atom. The summed E-state index contributed by atoms with van der Waals surface area (Å²) in [5, 5.41) is 0. The van der Waals surface area contributed by atoms with Gasteiger partial charge in [-0.25, -0.2) is 0 Å². The number of alkyl halides is 2. The van der Waals surface area contributed by atoms with Crippen molar-refractivity contribution in [2.75, 3.05) is 26.3 Å². The fourth-order valence-corrected chi connectivity index (χ4v) is 3.31. The van der Waals surface area contributed by atoms with Gasteiger partial charge >= 0.3 is 11.9 Å². The summed E-state index contributed by atoms with van der Waals surface area (Å²) in [4.78, 5) is 37.2. The topological polar surface area (TPSA) is 72.9 Å². The van der Waals surface area contributed by atoms with Crippen LogP contribution in [0.4, 0.5) is 0 Å². The van der Waals surface area contributed by atoms with Crippen LogP contribution in [0.15, 0.2) is 0 Å². The minimum atomic E-state index is -1.11. The molecule has 2 rings (SSSR count). The van der Waals surface area contributed by atoms with E-state index in [1.54, 1.807) is 18.7 Å². The highest BCUT2D eigenvalue weighted by Crippen LogP contribution is 2.64. The number of ether oxygens (including phenoxy) is 2. The Balaban J connectivity index is 1.74. The van der Waals surface area contributed by atoms with E-state index in [0.717, 1.165) is 0 Å². The number of hydrogen-bond donors (Lipinski definition) is 0. The highest BCUT2D eigenvalue weighted by atomic mass is 35.5. The van der Waals surface area contributed by atoms with Crippen molar-refractivity contribution in [1.29, 1.82) is 0 Å². The second-order valence-corrected chi connectivity index (χ2v) is 7.68. The maximum Gasteiger partial charge on any atom is 0.315 e. The molecule has 0 radical (unpaired) electrons. The lowest BCUT2D eigenvalue weighted by Gasteiger charge is -2.30. The van der Waals surface area contributed by atoms with Crippen molar-refractivity contribution in [2.24, 2.45) is 11.3 Å². The zero-order chi connectivity index (χ0) is 17.3. The average molecular weight is 366 g/mol. The molecule has 0 bridgehead atoms. The molecule has 0 N–H and O–H groups in total. The van der Waals surface area contributed by atoms with E-state index in [4.69, 9.17) is 32.7 Å². The number of likely N-dealkylation sites (tertiary alicyclic amines) is 1. The maximum absolute atomic E-state index is 12.1. The summed E-state index contributed by atoms with van der Waals surface area (Å²) in [5.41, 5.74) is -0.937. The van der Waals surface area contributed by atoms with Gasteiger partial charge in [0.05, 0.1) is 12.5 Å². The molecule has 2 aliphatic rings. The molecule has 0 aromatic carbocycles. The molecule has 1 aliphatic carbocycles. The van der Waals surface area contributed by atoms with Crippen molar-refractivity contribution in [3.63, 3.8) is 0 Å². The van der Waals surface area contributed by atoms with Crippen LogP contribution in [0, 0.1) is 11.3 Å². The normalized spacial score (nSPS) is 26.5. The minimum Gasteiger partial charge on any atom is -0.466 e. The Kier molecular flexibility index (Phi) is 5.46. The summed E-state index contributed by atoms with van der Waals surface area (Å²) in [5.74, 6) is -1.22. The molecule has 1 saturated carbocycles. The summed E-state index contributed by atoms with van der Waals surface area (Å²) in [6, 6.07) is 0. The quantitative estimate of drug-likeness (QED) is 0.549. The second-order valence-electron chi connectivity index (χ2n) is 6.20. The fraction of sp³-hybridized carbons (Fsp3) is 0.800. The lowest BCUT2D eigenvalue weighted by molar-refractivity contribution is -0.157. The van der Waals surface area contributed by atoms with E-state index >= 15 is 0 Å². The Labute approximate surface area is 145 Å². The van der Waals surface area contributed by atoms with Crippen LogP contribution < -0.4 is 0 Å². The van der Waals surface area contributed by atoms with Gasteiger partial charge in [0.15, 0.2) is 6.61 Å². The van der Waals surface area contributed by atoms with Gasteiger partial charge in [-0.2, -0.15) is 0 Å². The largest absolute Gasteiger partial charge is 0.466 e. The molecule has 0 aromatic rings. The zero-order valence-corrected chi connectivity index (χ0v) is 14.8. The third kappa shape index (κ3) is 3.91. The summed E-state index contributed by atoms with van der Waals surface area (Å²) in [6.45, 7) is 4.31. The average Bonchev–Trinajstić information content (AvgIpc) is 3.04. The molecule has 1 atom stereocenters. The number of halogens is 2. The molecule has 1 heterocycles. The van der Waals surface area contributed by atoms with Crippen LogP contribution in [0.25, 0.3) is 0 Å². The van der Waals surface area contributed by atoms with Gasteiger partial charge < -0.3 is 14.4 Å². The van der Waals surface area contributed by atoms with Crippen LogP contribution in [0.1, 0.15) is 33.1 Å². The summed E-state index contributed by atoms with van der Waals surface area (Å²) in [7, 11) is 0. The first kappa shape index (κ1) is 18.3. The molecule has 8 heteroatoms. The molecule has 130 valence electrons. The van der Waals surface area contributed by atoms with Gasteiger partial charge in [-0.15, -0.1) is 23.2 Å². The number of esters is 2. The van der Waals surface area contributed by atoms with E-state index in [-0.39, 0.29) is 24.4 Å². The number of piperidine rings is 1. The monoisotopic (exact) mass is 365 g/mol. The third-order valence-corrected chi connectivity index (χ3v) is 5.60. The van der Waals surface area contributed by atoms with Gasteiger partial charge in [0, 0.05) is 19.5 Å². The Morgan fingerprint density at radius 3 is 2.22 bits per heavy atom. The number of carbonyl (C=O) groups is 3. The van der Waals surface area contributed by atoms with Crippen LogP contribution in [0.3, 0.4) is 0 Å². The Hall–Kier alpha value is -1.01. The maximum atomic E-state index is 12.1. The van der Waals surface area contributed by atoms with Gasteiger partial charge in [-0.3, -0.25) is 14.4 Å². The fourth-order valence-electron chi connectivity index (χ4n) is 2.62. The smallest absolute Gasteiger partial charge is 0.315 e. The molecule has 1 saturated heterocycles. The van der Waals surface area contributed by atoms with Crippen molar-refractivity contribution in [1.82, 2.24) is 4.90 Å². The molecular weight excluding hydrogens is 345 g/mol. The van der Waals surface area contributed by atoms with E-state index in [1.807, 2.05) is 0 Å². The predicted octanol–water partition coefficient (Wildman–Crippen LogP) is 1.92. The summed E-state index contributed by atoms with van der Waals surface area (Å²) >= 11 is 11.8. The first-order valence-corrected chi connectivity index (χ1v) is 8.46. The van der Waals surface area contributed by atoms with Crippen LogP contribution in [-0.2, 0) is 23.9 Å². The van der Waals surface area contributed by atoms with E-state index in [1.165, 1.54) is 0 Å². The molecule has 1 unspecified atom stereocenters. The van der Waals surface area contributed by atoms with Gasteiger partial charge in [0.25, 0.3) is 5.91 Å². The van der Waals surface area contributed by atoms with Gasteiger partial charge in [0.2, 0.25) is 0 Å². The van der Waals surface area contributed by atoms with E-state index in [0.29, 0.717) is 39.0 Å². The van der Waals surface area contributed by atoms with Gasteiger partial charge in [-0.1, -0.05) is 0 Å². The molecular formula is C15H21Cl2NO5. The van der Waals surface area contributed by atoms with Gasteiger partial charge in [-0.05, 0) is 26.7 Å². The van der Waals surface area contributed by atoms with Crippen LogP contribution in [-0.4, -0.2) is 53.4 Å². The van der Waals surface area contributed by atoms with E-state index in [2.05, 4.69) is 0 Å². The van der Waals surface area contributed by atoms with Crippen LogP contribution >= 0.6 is 23.2 Å². The Morgan fingerprint density at radius 2 is 1.74 bits per heavy atom. The van der Waals surface area contributed by atoms with Crippen LogP contribution in [0.5, 0.6) is 0 Å². The number of nitrogens with zero attached hydrogens (tertiary/aromatic N) is 1. The van der Waals surface area contributed by atoms with E-state index < -0.39 is 15.7 Å². The number of rotatable bonds is 5. The van der Waals surface area contributed by atoms with Crippen molar-refractivity contribution in [3.8, 4) is 0 Å². The number of carbonyl (C=O) groups excluding carboxylic acids is 3. The van der Waals surface area contributed by atoms with Crippen molar-refractivity contribution in [3.05, 3.63) is 0 Å². The number of hydrogen-bond acceptors (Lipinski definition) is 5. The lowest BCUT2D eigenvalue weighted by atomic mass is 9.97. The van der Waals surface area contributed by atoms with E-state index in [9.17, 15) is 14.4 Å². The SMILES string of the molecule is CCOC(=O)C1CCN(C(=O)COC(=O)C2(C)CC2(Cl)Cl)CC1. The lowest BCUT2D eigenvalue weighted by Crippen LogP contribution is -2.42. The van der Waals surface area contributed by atoms with Crippen LogP contribution in [0.2, 0.25) is 0 Å². The molecule has 1 aliphatic heterocycles. The van der Waals surface area contributed by atoms with Crippen molar-refractivity contribution >= 4 is 41.0 Å². The molecule has 0 spiro atoms. The molecule has 6 nitrogen and oxygen atoms in total. The predicted molar refractivity (Wildman–Crippen MR) is 84.1 cm³/mol. The molecule has 1 amide bonds. The zero-order valence-electron chi connectivity index (χ0n) is 13.3. The van der Waals surface area contributed by atoms with Gasteiger partial charge in [0.1, 0.15) is 9.75 Å².